The molecule has 0 bridgehead atoms. The molecule has 0 amide bonds. The van der Waals surface area contributed by atoms with E-state index in [1.807, 2.05) is 0 Å². The molecule has 1 aromatic rings. The second kappa shape index (κ2) is 7.76. The molecule has 7 nitrogen and oxygen atoms in total. The van der Waals surface area contributed by atoms with Gasteiger partial charge >= 0.3 is 5.97 Å². The molecule has 0 saturated heterocycles. The molecule has 8 heteroatoms. The zero-order valence-corrected chi connectivity index (χ0v) is 13.9. The van der Waals surface area contributed by atoms with Crippen molar-refractivity contribution in [2.24, 2.45) is 5.73 Å². The van der Waals surface area contributed by atoms with Crippen LogP contribution in [0.2, 0.25) is 0 Å². The van der Waals surface area contributed by atoms with Crippen molar-refractivity contribution in [2.75, 3.05) is 19.7 Å². The number of nitrogens with two attached hydrogens (primary N) is 1. The van der Waals surface area contributed by atoms with E-state index in [1.165, 1.54) is 6.07 Å². The molecule has 0 aromatic heterocycles. The Morgan fingerprint density at radius 1 is 1.43 bits per heavy atom. The van der Waals surface area contributed by atoms with Gasteiger partial charge in [0.1, 0.15) is 5.75 Å². The van der Waals surface area contributed by atoms with Crippen molar-refractivity contribution in [3.05, 3.63) is 23.8 Å². The van der Waals surface area contributed by atoms with Crippen LogP contribution < -0.4 is 15.2 Å². The number of carbonyl (C=O) groups excluding carboxylic acids is 1. The van der Waals surface area contributed by atoms with E-state index in [2.05, 4.69) is 4.72 Å². The molecular formula is C15H22N2O5S. The van der Waals surface area contributed by atoms with Gasteiger partial charge in [-0.25, -0.2) is 17.9 Å². The third-order valence-corrected chi connectivity index (χ3v) is 4.95. The van der Waals surface area contributed by atoms with E-state index in [-0.39, 0.29) is 11.5 Å². The highest BCUT2D eigenvalue weighted by Gasteiger charge is 2.31. The molecule has 0 aliphatic carbocycles. The highest BCUT2D eigenvalue weighted by atomic mass is 32.2. The van der Waals surface area contributed by atoms with Crippen molar-refractivity contribution >= 4 is 16.0 Å². The molecule has 1 unspecified atom stereocenters. The van der Waals surface area contributed by atoms with E-state index in [1.54, 1.807) is 19.1 Å². The number of nitrogens with one attached hydrogen (secondary N) is 1. The Balaban J connectivity index is 2.05. The number of benzene rings is 1. The van der Waals surface area contributed by atoms with Gasteiger partial charge in [0.15, 0.2) is 6.10 Å². The first-order valence-corrected chi connectivity index (χ1v) is 9.12. The molecule has 1 atom stereocenters. The van der Waals surface area contributed by atoms with E-state index >= 15 is 0 Å². The van der Waals surface area contributed by atoms with E-state index in [4.69, 9.17) is 15.2 Å². The number of sulfonamides is 1. The van der Waals surface area contributed by atoms with Crippen molar-refractivity contribution in [2.45, 2.75) is 37.2 Å². The Labute approximate surface area is 136 Å². The molecule has 1 aliphatic rings. The van der Waals surface area contributed by atoms with Crippen molar-refractivity contribution in [3.8, 4) is 5.75 Å². The monoisotopic (exact) mass is 342 g/mol. The molecule has 2 rings (SSSR count). The average Bonchev–Trinajstić information content (AvgIpc) is 2.95. The first kappa shape index (κ1) is 17.7. The number of carbonyl (C=O) groups is 1. The lowest BCUT2D eigenvalue weighted by Crippen LogP contribution is -2.27. The van der Waals surface area contributed by atoms with Gasteiger partial charge in [-0.05, 0) is 50.1 Å². The van der Waals surface area contributed by atoms with Crippen LogP contribution in [-0.4, -0.2) is 40.2 Å². The molecule has 23 heavy (non-hydrogen) atoms. The Morgan fingerprint density at radius 2 is 2.22 bits per heavy atom. The topological polar surface area (TPSA) is 108 Å². The van der Waals surface area contributed by atoms with Crippen LogP contribution in [0.15, 0.2) is 23.1 Å². The number of hydrogen-bond acceptors (Lipinski definition) is 6. The highest BCUT2D eigenvalue weighted by molar-refractivity contribution is 7.89. The van der Waals surface area contributed by atoms with Crippen LogP contribution in [0.3, 0.4) is 0 Å². The molecule has 0 saturated carbocycles. The summed E-state index contributed by atoms with van der Waals surface area (Å²) in [6.45, 7) is 2.88. The molecule has 0 fully saturated rings. The summed E-state index contributed by atoms with van der Waals surface area (Å²) in [7, 11) is -3.57. The minimum Gasteiger partial charge on any atom is -0.478 e. The van der Waals surface area contributed by atoms with Crippen LogP contribution in [0.1, 0.15) is 25.3 Å². The fourth-order valence-electron chi connectivity index (χ4n) is 2.32. The Morgan fingerprint density at radius 3 is 2.91 bits per heavy atom. The summed E-state index contributed by atoms with van der Waals surface area (Å²) in [5.74, 6) is 0.0816. The lowest BCUT2D eigenvalue weighted by molar-refractivity contribution is -0.150. The van der Waals surface area contributed by atoms with E-state index in [0.29, 0.717) is 37.2 Å². The quantitative estimate of drug-likeness (QED) is 0.528. The summed E-state index contributed by atoms with van der Waals surface area (Å²) < 4.78 is 37.4. The van der Waals surface area contributed by atoms with E-state index in [0.717, 1.165) is 6.42 Å². The van der Waals surface area contributed by atoms with Gasteiger partial charge < -0.3 is 15.2 Å². The van der Waals surface area contributed by atoms with Gasteiger partial charge in [-0.1, -0.05) is 0 Å². The van der Waals surface area contributed by atoms with Crippen LogP contribution in [0, 0.1) is 0 Å². The van der Waals surface area contributed by atoms with Crippen LogP contribution >= 0.6 is 0 Å². The zero-order valence-electron chi connectivity index (χ0n) is 13.1. The first-order chi connectivity index (χ1) is 11.0. The van der Waals surface area contributed by atoms with Gasteiger partial charge in [-0.15, -0.1) is 0 Å². The van der Waals surface area contributed by atoms with Crippen LogP contribution in [0.5, 0.6) is 5.75 Å². The molecular weight excluding hydrogens is 320 g/mol. The normalized spacial score (nSPS) is 16.7. The SMILES string of the molecule is CCOC(=O)C1Cc2cc(S(=O)(=O)NCCCCN)ccc2O1. The van der Waals surface area contributed by atoms with Crippen molar-refractivity contribution < 1.29 is 22.7 Å². The van der Waals surface area contributed by atoms with Crippen LogP contribution in [-0.2, 0) is 26.0 Å². The summed E-state index contributed by atoms with van der Waals surface area (Å²) >= 11 is 0. The van der Waals surface area contributed by atoms with Gasteiger partial charge in [-0.2, -0.15) is 0 Å². The maximum atomic E-state index is 12.2. The summed E-state index contributed by atoms with van der Waals surface area (Å²) in [5, 5.41) is 0. The predicted molar refractivity (Wildman–Crippen MR) is 84.7 cm³/mol. The predicted octanol–water partition coefficient (Wildman–Crippen LogP) is 0.570. The first-order valence-electron chi connectivity index (χ1n) is 7.64. The summed E-state index contributed by atoms with van der Waals surface area (Å²) in [6.07, 6.45) is 1.06. The standard InChI is InChI=1S/C15H22N2O5S/c1-2-21-15(18)14-10-11-9-12(5-6-13(11)22-14)23(19,20)17-8-4-3-7-16/h5-6,9,14,17H,2-4,7-8,10,16H2,1H3. The molecule has 3 N–H and O–H groups in total. The zero-order chi connectivity index (χ0) is 16.9. The van der Waals surface area contributed by atoms with Gasteiger partial charge in [-0.3, -0.25) is 0 Å². The Bertz CT molecular complexity index is 660. The van der Waals surface area contributed by atoms with Gasteiger partial charge in [0.25, 0.3) is 0 Å². The minimum absolute atomic E-state index is 0.164. The Kier molecular flexibility index (Phi) is 5.97. The maximum absolute atomic E-state index is 12.2. The number of rotatable bonds is 8. The fraction of sp³-hybridized carbons (Fsp3) is 0.533. The van der Waals surface area contributed by atoms with Crippen molar-refractivity contribution in [1.82, 2.24) is 4.72 Å². The van der Waals surface area contributed by atoms with E-state index in [9.17, 15) is 13.2 Å². The molecule has 1 aromatic carbocycles. The van der Waals surface area contributed by atoms with Crippen LogP contribution in [0.25, 0.3) is 0 Å². The largest absolute Gasteiger partial charge is 0.478 e. The number of fused-ring (bicyclic) bond motifs is 1. The molecule has 1 aliphatic heterocycles. The molecule has 0 spiro atoms. The number of ether oxygens (including phenoxy) is 2. The van der Waals surface area contributed by atoms with Crippen LogP contribution in [0.4, 0.5) is 0 Å². The lowest BCUT2D eigenvalue weighted by atomic mass is 10.1. The second-order valence-electron chi connectivity index (χ2n) is 5.23. The summed E-state index contributed by atoms with van der Waals surface area (Å²) in [6, 6.07) is 4.58. The fourth-order valence-corrected chi connectivity index (χ4v) is 3.44. The number of unbranched alkanes of at least 4 members (excludes halogenated alkanes) is 1. The van der Waals surface area contributed by atoms with Crippen molar-refractivity contribution in [3.63, 3.8) is 0 Å². The van der Waals surface area contributed by atoms with Crippen molar-refractivity contribution in [1.29, 1.82) is 0 Å². The van der Waals surface area contributed by atoms with Gasteiger partial charge in [0, 0.05) is 13.0 Å². The van der Waals surface area contributed by atoms with Gasteiger partial charge in [0.2, 0.25) is 10.0 Å². The third-order valence-electron chi connectivity index (χ3n) is 3.49. The highest BCUT2D eigenvalue weighted by Crippen LogP contribution is 2.31. The third kappa shape index (κ3) is 4.43. The number of hydrogen-bond donors (Lipinski definition) is 2. The summed E-state index contributed by atoms with van der Waals surface area (Å²) in [4.78, 5) is 11.9. The Hall–Kier alpha value is -1.64. The molecule has 128 valence electrons. The maximum Gasteiger partial charge on any atom is 0.347 e. The minimum atomic E-state index is -3.57. The second-order valence-corrected chi connectivity index (χ2v) is 6.99. The van der Waals surface area contributed by atoms with E-state index < -0.39 is 22.1 Å². The molecule has 0 radical (unpaired) electrons. The average molecular weight is 342 g/mol. The van der Waals surface area contributed by atoms with Gasteiger partial charge in [0.05, 0.1) is 11.5 Å². The number of esters is 1. The smallest absolute Gasteiger partial charge is 0.347 e. The molecule has 1 heterocycles. The lowest BCUT2D eigenvalue weighted by Gasteiger charge is -2.09. The summed E-state index contributed by atoms with van der Waals surface area (Å²) in [5.41, 5.74) is 6.07.